The Bertz CT molecular complexity index is 598. The first kappa shape index (κ1) is 12.6. The van der Waals surface area contributed by atoms with Crippen LogP contribution < -0.4 is 15.2 Å². The number of benzene rings is 1. The standard InChI is InChI=1S/C13H14N2O2S2/c1-8-6-18-13(15-8)19-7-9-4-11-12(5-10(9)14)17-3-2-16-11/h4-6H,2-3,7,14H2,1H3. The van der Waals surface area contributed by atoms with Gasteiger partial charge in [0.1, 0.15) is 17.6 Å². The van der Waals surface area contributed by atoms with Gasteiger partial charge in [-0.3, -0.25) is 0 Å². The van der Waals surface area contributed by atoms with Crippen LogP contribution in [0.5, 0.6) is 11.5 Å². The third-order valence-corrected chi connectivity index (χ3v) is 4.94. The molecule has 0 atom stereocenters. The van der Waals surface area contributed by atoms with E-state index in [1.165, 1.54) is 0 Å². The molecule has 0 fully saturated rings. The molecule has 0 radical (unpaired) electrons. The first-order chi connectivity index (χ1) is 9.22. The summed E-state index contributed by atoms with van der Waals surface area (Å²) in [5.74, 6) is 2.31. The summed E-state index contributed by atoms with van der Waals surface area (Å²) in [6.45, 7) is 3.17. The Kier molecular flexibility index (Phi) is 3.52. The quantitative estimate of drug-likeness (QED) is 0.696. The average Bonchev–Trinajstić information content (AvgIpc) is 2.82. The van der Waals surface area contributed by atoms with Crippen LogP contribution in [0.3, 0.4) is 0 Å². The van der Waals surface area contributed by atoms with E-state index < -0.39 is 0 Å². The van der Waals surface area contributed by atoms with Gasteiger partial charge in [0.15, 0.2) is 11.5 Å². The minimum atomic E-state index is 0.582. The van der Waals surface area contributed by atoms with Gasteiger partial charge >= 0.3 is 0 Å². The lowest BCUT2D eigenvalue weighted by Gasteiger charge is -2.20. The molecule has 1 aromatic carbocycles. The fourth-order valence-corrected chi connectivity index (χ4v) is 3.66. The maximum absolute atomic E-state index is 6.05. The monoisotopic (exact) mass is 294 g/mol. The number of anilines is 1. The number of hydrogen-bond acceptors (Lipinski definition) is 6. The number of hydrogen-bond donors (Lipinski definition) is 1. The summed E-state index contributed by atoms with van der Waals surface area (Å²) >= 11 is 3.35. The summed E-state index contributed by atoms with van der Waals surface area (Å²) in [7, 11) is 0. The summed E-state index contributed by atoms with van der Waals surface area (Å²) in [5.41, 5.74) is 8.90. The number of ether oxygens (including phenoxy) is 2. The van der Waals surface area contributed by atoms with Crippen LogP contribution in [-0.2, 0) is 5.75 Å². The van der Waals surface area contributed by atoms with Crippen molar-refractivity contribution < 1.29 is 9.47 Å². The van der Waals surface area contributed by atoms with Crippen LogP contribution in [0.15, 0.2) is 21.9 Å². The molecule has 0 unspecified atom stereocenters. The molecule has 1 aromatic heterocycles. The largest absolute Gasteiger partial charge is 0.486 e. The van der Waals surface area contributed by atoms with Crippen LogP contribution in [0.4, 0.5) is 5.69 Å². The van der Waals surface area contributed by atoms with Gasteiger partial charge in [-0.05, 0) is 18.6 Å². The van der Waals surface area contributed by atoms with Gasteiger partial charge in [-0.15, -0.1) is 11.3 Å². The molecule has 100 valence electrons. The predicted molar refractivity (Wildman–Crippen MR) is 78.3 cm³/mol. The molecule has 0 spiro atoms. The summed E-state index contributed by atoms with van der Waals surface area (Å²) in [6, 6.07) is 3.81. The molecular weight excluding hydrogens is 280 g/mol. The summed E-state index contributed by atoms with van der Waals surface area (Å²) in [6.07, 6.45) is 0. The number of nitrogens with zero attached hydrogens (tertiary/aromatic N) is 1. The van der Waals surface area contributed by atoms with Gasteiger partial charge in [-0.1, -0.05) is 11.8 Å². The topological polar surface area (TPSA) is 57.4 Å². The molecule has 2 N–H and O–H groups in total. The van der Waals surface area contributed by atoms with Gasteiger partial charge in [0.2, 0.25) is 0 Å². The van der Waals surface area contributed by atoms with E-state index in [2.05, 4.69) is 10.4 Å². The highest BCUT2D eigenvalue weighted by atomic mass is 32.2. The lowest BCUT2D eigenvalue weighted by atomic mass is 10.2. The number of nitrogens with two attached hydrogens (primary N) is 1. The van der Waals surface area contributed by atoms with Crippen LogP contribution in [0.1, 0.15) is 11.3 Å². The number of nitrogen functional groups attached to an aromatic ring is 1. The second-order valence-electron chi connectivity index (χ2n) is 4.24. The first-order valence-corrected chi connectivity index (χ1v) is 7.82. The van der Waals surface area contributed by atoms with E-state index in [0.717, 1.165) is 38.5 Å². The Hall–Kier alpha value is -1.40. The Morgan fingerprint density at radius 3 is 2.74 bits per heavy atom. The van der Waals surface area contributed by atoms with Gasteiger partial charge in [0.05, 0.1) is 0 Å². The normalized spacial score (nSPS) is 13.5. The van der Waals surface area contributed by atoms with Gasteiger partial charge in [-0.25, -0.2) is 4.98 Å². The number of thiazole rings is 1. The van der Waals surface area contributed by atoms with Crippen LogP contribution >= 0.6 is 23.1 Å². The van der Waals surface area contributed by atoms with Crippen LogP contribution in [0, 0.1) is 6.92 Å². The SMILES string of the molecule is Cc1csc(SCc2cc3c(cc2N)OCCO3)n1. The Morgan fingerprint density at radius 2 is 2.05 bits per heavy atom. The molecule has 1 aliphatic heterocycles. The van der Waals surface area contributed by atoms with E-state index in [1.807, 2.05) is 19.1 Å². The minimum absolute atomic E-state index is 0.582. The summed E-state index contributed by atoms with van der Waals surface area (Å²) in [4.78, 5) is 4.43. The van der Waals surface area contributed by atoms with E-state index in [4.69, 9.17) is 15.2 Å². The number of rotatable bonds is 3. The highest BCUT2D eigenvalue weighted by Gasteiger charge is 2.15. The van der Waals surface area contributed by atoms with Gasteiger partial charge in [0, 0.05) is 28.6 Å². The summed E-state index contributed by atoms with van der Waals surface area (Å²) in [5, 5.41) is 2.05. The molecular formula is C13H14N2O2S2. The molecule has 0 bridgehead atoms. The fourth-order valence-electron chi connectivity index (χ4n) is 1.81. The van der Waals surface area contributed by atoms with Crippen molar-refractivity contribution in [1.29, 1.82) is 0 Å². The lowest BCUT2D eigenvalue weighted by Crippen LogP contribution is -2.15. The fraction of sp³-hybridized carbons (Fsp3) is 0.308. The first-order valence-electron chi connectivity index (χ1n) is 5.95. The Balaban J connectivity index is 1.77. The van der Waals surface area contributed by atoms with Crippen molar-refractivity contribution in [2.75, 3.05) is 18.9 Å². The number of aromatic nitrogens is 1. The van der Waals surface area contributed by atoms with E-state index in [1.54, 1.807) is 23.1 Å². The average molecular weight is 294 g/mol. The van der Waals surface area contributed by atoms with Gasteiger partial charge in [-0.2, -0.15) is 0 Å². The molecule has 1 aliphatic rings. The van der Waals surface area contributed by atoms with E-state index >= 15 is 0 Å². The second kappa shape index (κ2) is 5.30. The number of aryl methyl sites for hydroxylation is 1. The van der Waals surface area contributed by atoms with E-state index in [9.17, 15) is 0 Å². The van der Waals surface area contributed by atoms with Crippen molar-refractivity contribution in [3.8, 4) is 11.5 Å². The minimum Gasteiger partial charge on any atom is -0.486 e. The Labute approximate surface area is 119 Å². The zero-order valence-electron chi connectivity index (χ0n) is 10.5. The highest BCUT2D eigenvalue weighted by Crippen LogP contribution is 2.37. The zero-order chi connectivity index (χ0) is 13.2. The van der Waals surface area contributed by atoms with Crippen LogP contribution in [-0.4, -0.2) is 18.2 Å². The Morgan fingerprint density at radius 1 is 1.32 bits per heavy atom. The summed E-state index contributed by atoms with van der Waals surface area (Å²) < 4.78 is 12.1. The smallest absolute Gasteiger partial charge is 0.163 e. The van der Waals surface area contributed by atoms with Gasteiger partial charge in [0.25, 0.3) is 0 Å². The molecule has 0 saturated carbocycles. The molecule has 19 heavy (non-hydrogen) atoms. The van der Waals surface area contributed by atoms with Gasteiger partial charge < -0.3 is 15.2 Å². The van der Waals surface area contributed by atoms with E-state index in [0.29, 0.717) is 13.2 Å². The van der Waals surface area contributed by atoms with Crippen molar-refractivity contribution in [2.24, 2.45) is 0 Å². The maximum Gasteiger partial charge on any atom is 0.163 e. The lowest BCUT2D eigenvalue weighted by molar-refractivity contribution is 0.171. The molecule has 2 aromatic rings. The molecule has 2 heterocycles. The molecule has 4 nitrogen and oxygen atoms in total. The second-order valence-corrected chi connectivity index (χ2v) is 6.32. The number of thioether (sulfide) groups is 1. The molecule has 3 rings (SSSR count). The van der Waals surface area contributed by atoms with E-state index in [-0.39, 0.29) is 0 Å². The predicted octanol–water partition coefficient (Wildman–Crippen LogP) is 3.10. The van der Waals surface area contributed by atoms with Crippen molar-refractivity contribution >= 4 is 28.8 Å². The highest BCUT2D eigenvalue weighted by molar-refractivity contribution is 8.00. The van der Waals surface area contributed by atoms with Crippen molar-refractivity contribution in [1.82, 2.24) is 4.98 Å². The van der Waals surface area contributed by atoms with Crippen LogP contribution in [0.25, 0.3) is 0 Å². The maximum atomic E-state index is 6.05. The zero-order valence-corrected chi connectivity index (χ0v) is 12.1. The third kappa shape index (κ3) is 2.79. The van der Waals surface area contributed by atoms with Crippen LogP contribution in [0.2, 0.25) is 0 Å². The van der Waals surface area contributed by atoms with Crippen molar-refractivity contribution in [3.63, 3.8) is 0 Å². The molecule has 6 heteroatoms. The molecule has 0 aliphatic carbocycles. The van der Waals surface area contributed by atoms with Crippen molar-refractivity contribution in [2.45, 2.75) is 17.0 Å². The molecule has 0 saturated heterocycles. The third-order valence-electron chi connectivity index (χ3n) is 2.75. The molecule has 0 amide bonds. The number of fused-ring (bicyclic) bond motifs is 1. The van der Waals surface area contributed by atoms with Crippen molar-refractivity contribution in [3.05, 3.63) is 28.8 Å².